The average Bonchev–Trinajstić information content (AvgIpc) is 2.56. The van der Waals surface area contributed by atoms with E-state index in [2.05, 4.69) is 0 Å². The van der Waals surface area contributed by atoms with Gasteiger partial charge in [0.05, 0.1) is 0 Å². The number of hydrogen-bond donors (Lipinski definition) is 2. The van der Waals surface area contributed by atoms with Gasteiger partial charge in [0.15, 0.2) is 0 Å². The first-order chi connectivity index (χ1) is 11.1. The molecule has 0 heterocycles. The summed E-state index contributed by atoms with van der Waals surface area (Å²) in [6.07, 6.45) is 4.04. The first-order valence-electron chi connectivity index (χ1n) is 7.32. The molecule has 1 aliphatic carbocycles. The topological polar surface area (TPSA) is 57.5 Å². The molecular weight excluding hydrogens is 307 g/mol. The normalized spacial score (nSPS) is 17.4. The number of allylic oxidation sites excluding steroid dienone is 4. The molecule has 0 saturated carbocycles. The van der Waals surface area contributed by atoms with E-state index in [1.165, 1.54) is 0 Å². The molecule has 23 heavy (non-hydrogen) atoms. The van der Waals surface area contributed by atoms with Gasteiger partial charge in [0.2, 0.25) is 0 Å². The van der Waals surface area contributed by atoms with Gasteiger partial charge < -0.3 is 0 Å². The van der Waals surface area contributed by atoms with Crippen LogP contribution in [0.15, 0.2) is 60.7 Å². The van der Waals surface area contributed by atoms with E-state index in [0.717, 1.165) is 27.6 Å². The van der Waals surface area contributed by atoms with Gasteiger partial charge in [0.1, 0.15) is 0 Å². The van der Waals surface area contributed by atoms with E-state index in [9.17, 15) is 14.8 Å². The fraction of sp³-hybridized carbons (Fsp3) is 0.105. The van der Waals surface area contributed by atoms with Crippen LogP contribution in [0.2, 0.25) is 0 Å². The molecule has 3 rings (SSSR count). The second-order valence-electron chi connectivity index (χ2n) is 5.51. The van der Waals surface area contributed by atoms with Crippen LogP contribution in [0.1, 0.15) is 18.1 Å². The van der Waals surface area contributed by atoms with Gasteiger partial charge in [0.25, 0.3) is 0 Å². The molecule has 114 valence electrons. The van der Waals surface area contributed by atoms with E-state index in [-0.39, 0.29) is 25.5 Å². The number of benzene rings is 2. The van der Waals surface area contributed by atoms with Crippen LogP contribution in [0.5, 0.6) is 11.5 Å². The molecule has 2 aromatic rings. The van der Waals surface area contributed by atoms with Crippen LogP contribution in [0, 0.1) is 5.92 Å². The molecule has 0 aromatic heterocycles. The van der Waals surface area contributed by atoms with Gasteiger partial charge in [-0.1, -0.05) is 0 Å². The third-order valence-electron chi connectivity index (χ3n) is 3.94. The van der Waals surface area contributed by atoms with Gasteiger partial charge in [-0.05, 0) is 0 Å². The van der Waals surface area contributed by atoms with Crippen molar-refractivity contribution in [3.05, 3.63) is 71.8 Å². The summed E-state index contributed by atoms with van der Waals surface area (Å²) in [5, 5.41) is 19.8. The second-order valence-corrected chi connectivity index (χ2v) is 6.17. The molecule has 0 aliphatic heterocycles. The number of aromatic hydroxyl groups is 2. The minimum absolute atomic E-state index is 0.0136. The molecule has 3 nitrogen and oxygen atoms in total. The molecule has 0 fully saturated rings. The number of phenolic OH excluding ortho intramolecular Hbond substituents is 2. The molecule has 0 radical (unpaired) electrons. The molecule has 0 bridgehead atoms. The van der Waals surface area contributed by atoms with Crippen LogP contribution in [0.3, 0.4) is 0 Å². The van der Waals surface area contributed by atoms with Gasteiger partial charge in [0, 0.05) is 0 Å². The van der Waals surface area contributed by atoms with Crippen molar-refractivity contribution in [2.75, 3.05) is 0 Å². The predicted octanol–water partition coefficient (Wildman–Crippen LogP) is 4.68. The van der Waals surface area contributed by atoms with Crippen LogP contribution < -0.4 is 0 Å². The molecule has 1 aliphatic rings. The zero-order valence-electron chi connectivity index (χ0n) is 12.6. The average molecular weight is 323 g/mol. The van der Waals surface area contributed by atoms with Gasteiger partial charge in [-0.2, -0.15) is 0 Å². The Kier molecular flexibility index (Phi) is 4.31. The maximum atomic E-state index is 11.8. The van der Waals surface area contributed by atoms with E-state index in [1.54, 1.807) is 24.3 Å². The van der Waals surface area contributed by atoms with E-state index in [0.29, 0.717) is 0 Å². The van der Waals surface area contributed by atoms with Gasteiger partial charge >= 0.3 is 135 Å². The van der Waals surface area contributed by atoms with Gasteiger partial charge in [-0.15, -0.1) is 0 Å². The maximum absolute atomic E-state index is 11.8. The Hall–Kier alpha value is -2.38. The Morgan fingerprint density at radius 3 is 1.91 bits per heavy atom. The van der Waals surface area contributed by atoms with Crippen LogP contribution in [-0.2, 0) is 4.57 Å². The SMILES string of the molecule is CC1C=CC(c2ccc(O)cc2)=C(c2ccc(O)cc2)C1=[P+]=O. The van der Waals surface area contributed by atoms with E-state index < -0.39 is 0 Å². The molecule has 2 aromatic carbocycles. The monoisotopic (exact) mass is 323 g/mol. The standard InChI is InChI=1S/C19H15O3P/c1-12-2-11-17(13-3-7-15(20)8-4-13)18(19(12)23-22)14-5-9-16(21)10-6-14/h2-12H,1H3,(H-,20,21)/p+1. The van der Waals surface area contributed by atoms with Crippen LogP contribution in [0.25, 0.3) is 11.1 Å². The third kappa shape index (κ3) is 3.06. The molecule has 2 N–H and O–H groups in total. The molecular formula is C19H16O3P+. The van der Waals surface area contributed by atoms with Crippen LogP contribution in [-0.4, -0.2) is 15.5 Å². The summed E-state index contributed by atoms with van der Waals surface area (Å²) in [7, 11) is -0.0136. The Morgan fingerprint density at radius 2 is 1.39 bits per heavy atom. The van der Waals surface area contributed by atoms with Crippen molar-refractivity contribution < 1.29 is 14.8 Å². The van der Waals surface area contributed by atoms with Gasteiger partial charge in [-0.25, -0.2) is 0 Å². The van der Waals surface area contributed by atoms with E-state index in [1.807, 2.05) is 43.3 Å². The van der Waals surface area contributed by atoms with Crippen molar-refractivity contribution in [1.29, 1.82) is 0 Å². The summed E-state index contributed by atoms with van der Waals surface area (Å²) in [5.74, 6) is 0.472. The first-order valence-corrected chi connectivity index (χ1v) is 8.13. The summed E-state index contributed by atoms with van der Waals surface area (Å²) in [6.45, 7) is 2.00. The van der Waals surface area contributed by atoms with Crippen LogP contribution >= 0.6 is 8.08 Å². The fourth-order valence-corrected chi connectivity index (χ4v) is 3.32. The second kappa shape index (κ2) is 6.39. The molecule has 4 heteroatoms. The van der Waals surface area contributed by atoms with E-state index in [4.69, 9.17) is 0 Å². The summed E-state index contributed by atoms with van der Waals surface area (Å²) in [4.78, 5) is 0. The number of hydrogen-bond acceptors (Lipinski definition) is 3. The Labute approximate surface area is 136 Å². The zero-order chi connectivity index (χ0) is 16.4. The van der Waals surface area contributed by atoms with Crippen molar-refractivity contribution >= 4 is 24.5 Å². The summed E-state index contributed by atoms with van der Waals surface area (Å²) < 4.78 is 11.8. The van der Waals surface area contributed by atoms with Crippen LogP contribution in [0.4, 0.5) is 0 Å². The van der Waals surface area contributed by atoms with Crippen molar-refractivity contribution in [2.24, 2.45) is 5.92 Å². The Morgan fingerprint density at radius 1 is 0.870 bits per heavy atom. The number of phenols is 2. The van der Waals surface area contributed by atoms with Crippen molar-refractivity contribution in [2.45, 2.75) is 6.92 Å². The van der Waals surface area contributed by atoms with Gasteiger partial charge in [-0.3, -0.25) is 0 Å². The summed E-state index contributed by atoms with van der Waals surface area (Å²) in [5.41, 5.74) is 3.70. The predicted molar refractivity (Wildman–Crippen MR) is 93.9 cm³/mol. The molecule has 0 spiro atoms. The Bertz CT molecular complexity index is 839. The molecule has 1 unspecified atom stereocenters. The van der Waals surface area contributed by atoms with E-state index >= 15 is 0 Å². The molecule has 0 saturated heterocycles. The third-order valence-corrected chi connectivity index (χ3v) is 4.77. The van der Waals surface area contributed by atoms with Crippen molar-refractivity contribution in [1.82, 2.24) is 0 Å². The quantitative estimate of drug-likeness (QED) is 0.789. The summed E-state index contributed by atoms with van der Waals surface area (Å²) >= 11 is 0. The minimum atomic E-state index is -0.0136. The van der Waals surface area contributed by atoms with Crippen molar-refractivity contribution in [3.8, 4) is 11.5 Å². The number of rotatable bonds is 2. The van der Waals surface area contributed by atoms with Crippen molar-refractivity contribution in [3.63, 3.8) is 0 Å². The molecule has 1 atom stereocenters. The first kappa shape index (κ1) is 15.5. The zero-order valence-corrected chi connectivity index (χ0v) is 13.5. The fourth-order valence-electron chi connectivity index (χ4n) is 2.72. The summed E-state index contributed by atoms with van der Waals surface area (Å²) in [6, 6.07) is 13.8. The Balaban J connectivity index is 2.26. The molecule has 0 amide bonds.